The van der Waals surface area contributed by atoms with Crippen LogP contribution in [0.3, 0.4) is 0 Å². The summed E-state index contributed by atoms with van der Waals surface area (Å²) in [7, 11) is -2.84. The molecule has 0 amide bonds. The van der Waals surface area contributed by atoms with Gasteiger partial charge in [-0.05, 0) is 45.7 Å². The van der Waals surface area contributed by atoms with Crippen LogP contribution in [0.5, 0.6) is 0 Å². The monoisotopic (exact) mass is 231 g/mol. The lowest BCUT2D eigenvalue weighted by atomic mass is 10.3. The molecule has 0 bridgehead atoms. The normalized spacial score (nSPS) is 14.4. The van der Waals surface area contributed by atoms with Crippen LogP contribution in [0.25, 0.3) is 0 Å². The Hall–Kier alpha value is -0.0962. The summed E-state index contributed by atoms with van der Waals surface area (Å²) in [6.07, 6.45) is 2.11. The molecule has 0 saturated heterocycles. The molecule has 0 saturated carbocycles. The van der Waals surface area contributed by atoms with Crippen LogP contribution in [-0.2, 0) is 4.43 Å². The molecule has 0 spiro atoms. The third-order valence-electron chi connectivity index (χ3n) is 1.35. The summed E-state index contributed by atoms with van der Waals surface area (Å²) < 4.78 is 10.7. The first-order chi connectivity index (χ1) is 6.14. The average molecular weight is 231 g/mol. The molecule has 0 atom stereocenters. The molecule has 0 fully saturated rings. The lowest BCUT2D eigenvalue weighted by Crippen LogP contribution is -2.31. The molecule has 0 aromatic heterocycles. The highest BCUT2D eigenvalue weighted by Crippen LogP contribution is 2.11. The Morgan fingerprint density at radius 2 is 1.57 bits per heavy atom. The maximum Gasteiger partial charge on any atom is 0.243 e. The molecule has 0 radical (unpaired) electrons. The smallest absolute Gasteiger partial charge is 0.243 e. The van der Waals surface area contributed by atoms with Gasteiger partial charge in [0, 0.05) is 6.42 Å². The summed E-state index contributed by atoms with van der Waals surface area (Å²) in [5.74, 6) is 1.01. The van der Waals surface area contributed by atoms with Gasteiger partial charge in [-0.1, -0.05) is 6.92 Å². The molecule has 0 aromatic carbocycles. The van der Waals surface area contributed by atoms with Gasteiger partial charge in [0.05, 0.1) is 0 Å². The van der Waals surface area contributed by atoms with Crippen molar-refractivity contribution in [3.63, 3.8) is 0 Å². The summed E-state index contributed by atoms with van der Waals surface area (Å²) >= 11 is 0. The largest absolute Gasteiger partial charge is 0.535 e. The van der Waals surface area contributed by atoms with Crippen LogP contribution in [0.15, 0.2) is 4.66 Å². The molecule has 0 heterocycles. The van der Waals surface area contributed by atoms with Gasteiger partial charge in [-0.3, -0.25) is 4.66 Å². The summed E-state index contributed by atoms with van der Waals surface area (Å²) in [5.41, 5.74) is 0. The van der Waals surface area contributed by atoms with Crippen molar-refractivity contribution in [2.24, 2.45) is 4.66 Å². The fraction of sp³-hybridized carbons (Fsp3) is 0.900. The van der Waals surface area contributed by atoms with Gasteiger partial charge >= 0.3 is 0 Å². The second-order valence-electron chi connectivity index (χ2n) is 5.64. The molecule has 0 rings (SSSR count). The Bertz CT molecular complexity index is 201. The van der Waals surface area contributed by atoms with Crippen LogP contribution >= 0.6 is 0 Å². The summed E-state index contributed by atoms with van der Waals surface area (Å²) in [4.78, 5) is 0. The third-order valence-corrected chi connectivity index (χ3v) is 3.12. The minimum absolute atomic E-state index is 0.995. The molecule has 0 N–H and O–H groups in total. The van der Waals surface area contributed by atoms with E-state index in [0.29, 0.717) is 0 Å². The van der Waals surface area contributed by atoms with E-state index in [1.807, 2.05) is 0 Å². The predicted octanol–water partition coefficient (Wildman–Crippen LogP) is 3.87. The van der Waals surface area contributed by atoms with Crippen molar-refractivity contribution in [3.05, 3.63) is 0 Å². The van der Waals surface area contributed by atoms with E-state index in [2.05, 4.69) is 46.2 Å². The van der Waals surface area contributed by atoms with Crippen molar-refractivity contribution in [2.45, 2.75) is 59.0 Å². The molecule has 4 heteroatoms. The van der Waals surface area contributed by atoms with Crippen molar-refractivity contribution in [1.29, 1.82) is 0 Å². The zero-order valence-corrected chi connectivity index (χ0v) is 12.8. The molecule has 84 valence electrons. The van der Waals surface area contributed by atoms with Gasteiger partial charge in [-0.15, -0.1) is 0 Å². The standard InChI is InChI=1S/C10H25NOSi2/c1-8-9-10(11-13(2,3)4)12-14(5,6)7/h8-9H2,1-7H3/b11-10-. The van der Waals surface area contributed by atoms with E-state index in [9.17, 15) is 0 Å². The SMILES string of the molecule is CCC/C(=N/[Si](C)(C)C)O[Si](C)(C)C. The quantitative estimate of drug-likeness (QED) is 0.409. The molecule has 0 aliphatic rings. The van der Waals surface area contributed by atoms with Crippen LogP contribution in [0.1, 0.15) is 19.8 Å². The Morgan fingerprint density at radius 1 is 1.07 bits per heavy atom. The van der Waals surface area contributed by atoms with Crippen molar-refractivity contribution >= 4 is 22.5 Å². The van der Waals surface area contributed by atoms with Crippen LogP contribution in [0.4, 0.5) is 0 Å². The first kappa shape index (κ1) is 13.9. The Kier molecular flexibility index (Phi) is 5.08. The average Bonchev–Trinajstić information content (AvgIpc) is 1.78. The Balaban J connectivity index is 4.53. The summed E-state index contributed by atoms with van der Waals surface area (Å²) in [6.45, 7) is 15.5. The number of hydrogen-bond donors (Lipinski definition) is 0. The first-order valence-electron chi connectivity index (χ1n) is 5.42. The third kappa shape index (κ3) is 8.50. The molecule has 0 aliphatic heterocycles. The number of hydrogen-bond acceptors (Lipinski definition) is 2. The van der Waals surface area contributed by atoms with Gasteiger partial charge in [-0.25, -0.2) is 0 Å². The van der Waals surface area contributed by atoms with E-state index in [1.165, 1.54) is 0 Å². The molecular formula is C10H25NOSi2. The van der Waals surface area contributed by atoms with E-state index in [0.717, 1.165) is 18.7 Å². The van der Waals surface area contributed by atoms with E-state index in [1.54, 1.807) is 0 Å². The minimum Gasteiger partial charge on any atom is -0.535 e. The zero-order chi connectivity index (χ0) is 11.4. The maximum atomic E-state index is 5.98. The molecule has 14 heavy (non-hydrogen) atoms. The van der Waals surface area contributed by atoms with Crippen molar-refractivity contribution < 1.29 is 4.43 Å². The fourth-order valence-electron chi connectivity index (χ4n) is 1.07. The highest BCUT2D eigenvalue weighted by molar-refractivity contribution is 6.76. The van der Waals surface area contributed by atoms with E-state index >= 15 is 0 Å². The summed E-state index contributed by atoms with van der Waals surface area (Å²) in [5, 5.41) is 0. The van der Waals surface area contributed by atoms with Crippen molar-refractivity contribution in [3.8, 4) is 0 Å². The van der Waals surface area contributed by atoms with Gasteiger partial charge < -0.3 is 4.43 Å². The van der Waals surface area contributed by atoms with E-state index in [4.69, 9.17) is 9.08 Å². The van der Waals surface area contributed by atoms with Gasteiger partial charge in [-0.2, -0.15) is 0 Å². The highest BCUT2D eigenvalue weighted by Gasteiger charge is 2.20. The summed E-state index contributed by atoms with van der Waals surface area (Å²) in [6, 6.07) is 0. The first-order valence-corrected chi connectivity index (χ1v) is 12.3. The van der Waals surface area contributed by atoms with Crippen LogP contribution < -0.4 is 0 Å². The van der Waals surface area contributed by atoms with Crippen molar-refractivity contribution in [2.75, 3.05) is 0 Å². The van der Waals surface area contributed by atoms with Crippen LogP contribution in [-0.4, -0.2) is 22.5 Å². The zero-order valence-electron chi connectivity index (χ0n) is 10.8. The van der Waals surface area contributed by atoms with Gasteiger partial charge in [0.25, 0.3) is 0 Å². The second kappa shape index (κ2) is 5.12. The highest BCUT2D eigenvalue weighted by atomic mass is 28.4. The van der Waals surface area contributed by atoms with Crippen molar-refractivity contribution in [1.82, 2.24) is 0 Å². The minimum atomic E-state index is -1.47. The molecule has 2 nitrogen and oxygen atoms in total. The van der Waals surface area contributed by atoms with Crippen LogP contribution in [0.2, 0.25) is 39.3 Å². The predicted molar refractivity (Wildman–Crippen MR) is 70.1 cm³/mol. The van der Waals surface area contributed by atoms with Crippen LogP contribution in [0, 0.1) is 0 Å². The Labute approximate surface area is 91.0 Å². The lowest BCUT2D eigenvalue weighted by Gasteiger charge is -2.23. The molecule has 0 aliphatic carbocycles. The van der Waals surface area contributed by atoms with Gasteiger partial charge in [0.1, 0.15) is 0 Å². The maximum absolute atomic E-state index is 5.98. The molecule has 0 aromatic rings. The number of nitrogens with zero attached hydrogens (tertiary/aromatic N) is 1. The fourth-order valence-corrected chi connectivity index (χ4v) is 2.92. The second-order valence-corrected chi connectivity index (χ2v) is 14.6. The van der Waals surface area contributed by atoms with Gasteiger partial charge in [0.15, 0.2) is 14.1 Å². The topological polar surface area (TPSA) is 21.6 Å². The lowest BCUT2D eigenvalue weighted by molar-refractivity contribution is 0.531. The molecule has 0 unspecified atom stereocenters. The Morgan fingerprint density at radius 3 is 1.86 bits per heavy atom. The number of rotatable bonds is 4. The van der Waals surface area contributed by atoms with E-state index < -0.39 is 16.6 Å². The van der Waals surface area contributed by atoms with Gasteiger partial charge in [0.2, 0.25) is 8.32 Å². The molecular weight excluding hydrogens is 206 g/mol. The van der Waals surface area contributed by atoms with E-state index in [-0.39, 0.29) is 0 Å².